The molecule has 3 aromatic heterocycles. The average molecular weight is 428 g/mol. The molecule has 0 saturated carbocycles. The van der Waals surface area contributed by atoms with Gasteiger partial charge in [0.05, 0.1) is 11.4 Å². The molecule has 0 radical (unpaired) electrons. The predicted octanol–water partition coefficient (Wildman–Crippen LogP) is 5.35. The van der Waals surface area contributed by atoms with Crippen molar-refractivity contribution in [2.24, 2.45) is 0 Å². The monoisotopic (exact) mass is 427 g/mol. The maximum atomic E-state index is 12.3. The van der Waals surface area contributed by atoms with E-state index in [1.807, 2.05) is 58.6 Å². The number of nitrogens with one attached hydrogen (secondary N) is 1. The van der Waals surface area contributed by atoms with Crippen molar-refractivity contribution in [1.82, 2.24) is 14.9 Å². The van der Waals surface area contributed by atoms with Crippen molar-refractivity contribution in [2.75, 3.05) is 6.54 Å². The van der Waals surface area contributed by atoms with Gasteiger partial charge in [0, 0.05) is 33.6 Å². The van der Waals surface area contributed by atoms with Gasteiger partial charge in [-0.2, -0.15) is 0 Å². The molecule has 28 heavy (non-hydrogen) atoms. The zero-order valence-electron chi connectivity index (χ0n) is 15.0. The molecule has 1 amide bonds. The van der Waals surface area contributed by atoms with E-state index in [1.54, 1.807) is 22.7 Å². The molecule has 0 bridgehead atoms. The normalized spacial score (nSPS) is 10.9. The van der Waals surface area contributed by atoms with Gasteiger partial charge in [0.1, 0.15) is 11.6 Å². The van der Waals surface area contributed by atoms with Crippen LogP contribution >= 0.6 is 34.3 Å². The number of thiophene rings is 1. The molecule has 7 heteroatoms. The highest BCUT2D eigenvalue weighted by molar-refractivity contribution is 7.13. The molecule has 4 aromatic rings. The molecule has 3 heterocycles. The molecule has 4 nitrogen and oxygen atoms in total. The Bertz CT molecular complexity index is 1050. The summed E-state index contributed by atoms with van der Waals surface area (Å²) in [6.07, 6.45) is 2.77. The first-order valence-corrected chi connectivity index (χ1v) is 11.0. The zero-order valence-corrected chi connectivity index (χ0v) is 17.4. The lowest BCUT2D eigenvalue weighted by atomic mass is 10.2. The third-order valence-electron chi connectivity index (χ3n) is 4.28. The molecule has 0 aliphatic heterocycles. The molecular formula is C21H18ClN3OS2. The van der Waals surface area contributed by atoms with Crippen LogP contribution in [0.25, 0.3) is 22.0 Å². The molecule has 0 unspecified atom stereocenters. The fourth-order valence-electron chi connectivity index (χ4n) is 2.88. The first kappa shape index (κ1) is 18.9. The van der Waals surface area contributed by atoms with E-state index in [1.165, 1.54) is 4.88 Å². The van der Waals surface area contributed by atoms with E-state index in [0.717, 1.165) is 28.4 Å². The Morgan fingerprint density at radius 3 is 2.75 bits per heavy atom. The molecule has 142 valence electrons. The van der Waals surface area contributed by atoms with Crippen LogP contribution in [0.4, 0.5) is 0 Å². The number of nitrogens with zero attached hydrogens (tertiary/aromatic N) is 2. The molecule has 1 aromatic carbocycles. The Morgan fingerprint density at radius 1 is 1.11 bits per heavy atom. The lowest BCUT2D eigenvalue weighted by Gasteiger charge is -2.08. The van der Waals surface area contributed by atoms with E-state index in [9.17, 15) is 4.79 Å². The smallest absolute Gasteiger partial charge is 0.239 e. The summed E-state index contributed by atoms with van der Waals surface area (Å²) in [7, 11) is 0. The second-order valence-corrected chi connectivity index (χ2v) is 8.57. The molecule has 1 N–H and O–H groups in total. The Balaban J connectivity index is 1.41. The number of carbonyl (C=O) groups excluding carboxylic acids is 1. The van der Waals surface area contributed by atoms with E-state index in [4.69, 9.17) is 16.6 Å². The second-order valence-electron chi connectivity index (χ2n) is 6.25. The number of thiazole rings is 1. The molecule has 0 saturated heterocycles. The van der Waals surface area contributed by atoms with Crippen molar-refractivity contribution in [3.05, 3.63) is 75.4 Å². The molecule has 0 atom stereocenters. The number of amides is 1. The van der Waals surface area contributed by atoms with Gasteiger partial charge in [-0.1, -0.05) is 29.8 Å². The molecule has 0 fully saturated rings. The molecular weight excluding hydrogens is 410 g/mol. The maximum absolute atomic E-state index is 12.3. The summed E-state index contributed by atoms with van der Waals surface area (Å²) in [6, 6.07) is 15.7. The minimum atomic E-state index is 0.00323. The first-order chi connectivity index (χ1) is 13.7. The topological polar surface area (TPSA) is 46.9 Å². The zero-order chi connectivity index (χ0) is 19.3. The van der Waals surface area contributed by atoms with Crippen LogP contribution in [0.2, 0.25) is 5.02 Å². The summed E-state index contributed by atoms with van der Waals surface area (Å²) in [5, 5.41) is 8.66. The van der Waals surface area contributed by atoms with Crippen LogP contribution in [0.1, 0.15) is 4.88 Å². The summed E-state index contributed by atoms with van der Waals surface area (Å²) in [5.74, 6) is 0.00323. The van der Waals surface area contributed by atoms with Crippen LogP contribution in [-0.2, 0) is 17.8 Å². The third-order valence-corrected chi connectivity index (χ3v) is 6.33. The van der Waals surface area contributed by atoms with Gasteiger partial charge in [0.25, 0.3) is 0 Å². The van der Waals surface area contributed by atoms with E-state index >= 15 is 0 Å². The number of carbonyl (C=O) groups is 1. The number of benzene rings is 1. The van der Waals surface area contributed by atoms with Gasteiger partial charge >= 0.3 is 0 Å². The molecule has 0 aliphatic carbocycles. The lowest BCUT2D eigenvalue weighted by Crippen LogP contribution is -2.29. The quantitative estimate of drug-likeness (QED) is 0.432. The number of hydrogen-bond donors (Lipinski definition) is 1. The highest BCUT2D eigenvalue weighted by atomic mass is 35.5. The van der Waals surface area contributed by atoms with Crippen LogP contribution in [-0.4, -0.2) is 22.0 Å². The maximum Gasteiger partial charge on any atom is 0.239 e. The Kier molecular flexibility index (Phi) is 5.90. The average Bonchev–Trinajstić information content (AvgIpc) is 3.44. The summed E-state index contributed by atoms with van der Waals surface area (Å²) in [6.45, 7) is 0.927. The van der Waals surface area contributed by atoms with Crippen molar-refractivity contribution in [1.29, 1.82) is 0 Å². The summed E-state index contributed by atoms with van der Waals surface area (Å²) in [4.78, 5) is 18.3. The summed E-state index contributed by atoms with van der Waals surface area (Å²) < 4.78 is 1.94. The van der Waals surface area contributed by atoms with Crippen molar-refractivity contribution < 1.29 is 4.79 Å². The van der Waals surface area contributed by atoms with E-state index in [-0.39, 0.29) is 12.5 Å². The number of rotatable bonds is 7. The van der Waals surface area contributed by atoms with Crippen LogP contribution < -0.4 is 5.32 Å². The standard InChI is InChI=1S/C21H18ClN3OS2/c22-16-7-5-15(6-8-16)18-14-28-21(24-18)19-4-1-11-25(19)13-20(26)23-10-9-17-3-2-12-27-17/h1-8,11-12,14H,9-10,13H2,(H,23,26). The van der Waals surface area contributed by atoms with Crippen molar-refractivity contribution in [2.45, 2.75) is 13.0 Å². The van der Waals surface area contributed by atoms with Gasteiger partial charge in [-0.05, 0) is 42.1 Å². The Hall–Kier alpha value is -2.41. The number of hydrogen-bond acceptors (Lipinski definition) is 4. The molecule has 4 rings (SSSR count). The van der Waals surface area contributed by atoms with E-state index in [0.29, 0.717) is 11.6 Å². The SMILES string of the molecule is O=C(Cn1cccc1-c1nc(-c2ccc(Cl)cc2)cs1)NCCc1cccs1. The van der Waals surface area contributed by atoms with Gasteiger partial charge in [-0.3, -0.25) is 4.79 Å². The Morgan fingerprint density at radius 2 is 1.96 bits per heavy atom. The second kappa shape index (κ2) is 8.73. The number of aromatic nitrogens is 2. The van der Waals surface area contributed by atoms with Gasteiger partial charge in [0.2, 0.25) is 5.91 Å². The minimum Gasteiger partial charge on any atom is -0.354 e. The van der Waals surface area contributed by atoms with Crippen LogP contribution in [0.15, 0.2) is 65.5 Å². The molecule has 0 spiro atoms. The number of halogens is 1. The first-order valence-electron chi connectivity index (χ1n) is 8.85. The fourth-order valence-corrected chi connectivity index (χ4v) is 4.59. The van der Waals surface area contributed by atoms with Crippen LogP contribution in [0, 0.1) is 0 Å². The Labute approximate surface area is 176 Å². The highest BCUT2D eigenvalue weighted by Crippen LogP contribution is 2.29. The van der Waals surface area contributed by atoms with E-state index < -0.39 is 0 Å². The van der Waals surface area contributed by atoms with Crippen molar-refractivity contribution in [3.63, 3.8) is 0 Å². The van der Waals surface area contributed by atoms with Gasteiger partial charge in [0.15, 0.2) is 0 Å². The highest BCUT2D eigenvalue weighted by Gasteiger charge is 2.12. The van der Waals surface area contributed by atoms with E-state index in [2.05, 4.69) is 16.8 Å². The van der Waals surface area contributed by atoms with Gasteiger partial charge in [-0.15, -0.1) is 22.7 Å². The van der Waals surface area contributed by atoms with Crippen LogP contribution in [0.3, 0.4) is 0 Å². The molecule has 0 aliphatic rings. The van der Waals surface area contributed by atoms with Crippen molar-refractivity contribution >= 4 is 40.2 Å². The predicted molar refractivity (Wildman–Crippen MR) is 117 cm³/mol. The minimum absolute atomic E-state index is 0.00323. The van der Waals surface area contributed by atoms with Gasteiger partial charge in [-0.25, -0.2) is 4.98 Å². The summed E-state index contributed by atoms with van der Waals surface area (Å²) >= 11 is 9.24. The van der Waals surface area contributed by atoms with Crippen LogP contribution in [0.5, 0.6) is 0 Å². The van der Waals surface area contributed by atoms with Crippen molar-refractivity contribution in [3.8, 4) is 22.0 Å². The third kappa shape index (κ3) is 4.52. The largest absolute Gasteiger partial charge is 0.354 e. The lowest BCUT2D eigenvalue weighted by molar-refractivity contribution is -0.121. The van der Waals surface area contributed by atoms with Gasteiger partial charge < -0.3 is 9.88 Å². The fraction of sp³-hybridized carbons (Fsp3) is 0.143. The summed E-state index contributed by atoms with van der Waals surface area (Å²) in [5.41, 5.74) is 2.87.